The van der Waals surface area contributed by atoms with Gasteiger partial charge in [0.1, 0.15) is 5.82 Å². The summed E-state index contributed by atoms with van der Waals surface area (Å²) in [6.07, 6.45) is 1.36. The summed E-state index contributed by atoms with van der Waals surface area (Å²) < 4.78 is 14.9. The number of halogens is 1. The third-order valence-electron chi connectivity index (χ3n) is 5.08. The highest BCUT2D eigenvalue weighted by Gasteiger charge is 2.22. The molecule has 3 rings (SSSR count). The smallest absolute Gasteiger partial charge is 0.303 e. The third kappa shape index (κ3) is 5.22. The van der Waals surface area contributed by atoms with Crippen molar-refractivity contribution in [1.82, 2.24) is 4.90 Å². The van der Waals surface area contributed by atoms with Crippen LogP contribution in [0.4, 0.5) is 10.1 Å². The molecular weight excluding hydrogens is 369 g/mol. The van der Waals surface area contributed by atoms with Gasteiger partial charge in [0.05, 0.1) is 5.71 Å². The van der Waals surface area contributed by atoms with E-state index in [1.165, 1.54) is 12.5 Å². The molecule has 0 unspecified atom stereocenters. The van der Waals surface area contributed by atoms with Gasteiger partial charge in [-0.25, -0.2) is 4.39 Å². The molecule has 3 N–H and O–H groups in total. The number of carboxylic acid groups (broad SMARTS) is 1. The maximum absolute atomic E-state index is 14.9. The molecular formula is C23H26FN3O2. The van der Waals surface area contributed by atoms with Crippen LogP contribution in [0.15, 0.2) is 54.1 Å². The van der Waals surface area contributed by atoms with E-state index in [-0.39, 0.29) is 12.1 Å². The van der Waals surface area contributed by atoms with Crippen molar-refractivity contribution in [2.45, 2.75) is 39.7 Å². The number of anilines is 1. The number of fused-ring (bicyclic) bond motifs is 1. The van der Waals surface area contributed by atoms with Crippen LogP contribution in [-0.2, 0) is 24.2 Å². The van der Waals surface area contributed by atoms with Crippen molar-refractivity contribution >= 4 is 17.4 Å². The first-order valence-electron chi connectivity index (χ1n) is 9.70. The molecule has 0 saturated heterocycles. The quantitative estimate of drug-likeness (QED) is 0.596. The van der Waals surface area contributed by atoms with Gasteiger partial charge in [-0.1, -0.05) is 35.9 Å². The van der Waals surface area contributed by atoms with Crippen molar-refractivity contribution in [2.75, 3.05) is 11.9 Å². The van der Waals surface area contributed by atoms with Crippen LogP contribution in [-0.4, -0.2) is 28.2 Å². The Bertz CT molecular complexity index is 951. The minimum Gasteiger partial charge on any atom is -0.481 e. The summed E-state index contributed by atoms with van der Waals surface area (Å²) >= 11 is 0. The molecule has 0 radical (unpaired) electrons. The predicted molar refractivity (Wildman–Crippen MR) is 113 cm³/mol. The fraction of sp³-hybridized carbons (Fsp3) is 0.304. The van der Waals surface area contributed by atoms with Crippen molar-refractivity contribution in [1.29, 1.82) is 5.41 Å². The number of hydrogen-bond acceptors (Lipinski definition) is 4. The molecule has 0 spiro atoms. The Morgan fingerprint density at radius 1 is 1.21 bits per heavy atom. The molecule has 0 bridgehead atoms. The lowest BCUT2D eigenvalue weighted by atomic mass is 9.95. The van der Waals surface area contributed by atoms with Crippen molar-refractivity contribution in [3.8, 4) is 0 Å². The summed E-state index contributed by atoms with van der Waals surface area (Å²) in [5.74, 6) is -1.06. The number of hydrogen-bond donors (Lipinski definition) is 3. The average Bonchev–Trinajstić information content (AvgIpc) is 2.70. The molecule has 0 saturated carbocycles. The SMILES string of the molecule is CC(=N)/C(F)=C(\Nc1ccc(C)cc1)N1CCc2cc(CCC(=O)O)ccc2C1. The van der Waals surface area contributed by atoms with Crippen molar-refractivity contribution in [3.63, 3.8) is 0 Å². The number of nitrogens with one attached hydrogen (secondary N) is 2. The maximum Gasteiger partial charge on any atom is 0.303 e. The molecule has 0 amide bonds. The average molecular weight is 395 g/mol. The minimum atomic E-state index is -0.802. The molecule has 2 aromatic carbocycles. The zero-order valence-corrected chi connectivity index (χ0v) is 16.8. The van der Waals surface area contributed by atoms with Gasteiger partial charge in [-0.15, -0.1) is 0 Å². The van der Waals surface area contributed by atoms with Gasteiger partial charge in [0.25, 0.3) is 0 Å². The van der Waals surface area contributed by atoms with Crippen LogP contribution in [0.3, 0.4) is 0 Å². The summed E-state index contributed by atoms with van der Waals surface area (Å²) in [5.41, 5.74) is 5.05. The van der Waals surface area contributed by atoms with Crippen molar-refractivity contribution < 1.29 is 14.3 Å². The summed E-state index contributed by atoms with van der Waals surface area (Å²) in [4.78, 5) is 12.7. The Hall–Kier alpha value is -3.15. The van der Waals surface area contributed by atoms with Crippen LogP contribution >= 0.6 is 0 Å². The normalized spacial score (nSPS) is 14.1. The van der Waals surface area contributed by atoms with E-state index in [0.717, 1.165) is 28.8 Å². The molecule has 1 aliphatic rings. The number of carboxylic acids is 1. The van der Waals surface area contributed by atoms with Gasteiger partial charge in [0.2, 0.25) is 0 Å². The first-order chi connectivity index (χ1) is 13.8. The highest BCUT2D eigenvalue weighted by molar-refractivity contribution is 5.94. The lowest BCUT2D eigenvalue weighted by Gasteiger charge is -2.33. The van der Waals surface area contributed by atoms with E-state index in [9.17, 15) is 9.18 Å². The molecule has 0 aromatic heterocycles. The predicted octanol–water partition coefficient (Wildman–Crippen LogP) is 4.66. The van der Waals surface area contributed by atoms with Crippen molar-refractivity contribution in [3.05, 3.63) is 76.4 Å². The second-order valence-electron chi connectivity index (χ2n) is 7.45. The van der Waals surface area contributed by atoms with Gasteiger partial charge in [-0.05, 0) is 55.5 Å². The molecule has 0 atom stereocenters. The summed E-state index contributed by atoms with van der Waals surface area (Å²) in [6, 6.07) is 13.7. The van der Waals surface area contributed by atoms with E-state index in [1.807, 2.05) is 48.2 Å². The summed E-state index contributed by atoms with van der Waals surface area (Å²) in [6.45, 7) is 4.58. The molecule has 29 heavy (non-hydrogen) atoms. The maximum atomic E-state index is 14.9. The minimum absolute atomic E-state index is 0.113. The van der Waals surface area contributed by atoms with E-state index in [1.54, 1.807) is 0 Å². The van der Waals surface area contributed by atoms with E-state index in [2.05, 4.69) is 11.4 Å². The number of carbonyl (C=O) groups is 1. The van der Waals surface area contributed by atoms with Gasteiger partial charge < -0.3 is 20.7 Å². The molecule has 2 aromatic rings. The first-order valence-corrected chi connectivity index (χ1v) is 9.70. The number of aliphatic carboxylic acids is 1. The number of aryl methyl sites for hydroxylation is 2. The van der Waals surface area contributed by atoms with E-state index < -0.39 is 11.8 Å². The monoisotopic (exact) mass is 395 g/mol. The van der Waals surface area contributed by atoms with Crippen LogP contribution in [0, 0.1) is 12.3 Å². The first kappa shape index (κ1) is 20.6. The Morgan fingerprint density at radius 3 is 2.59 bits per heavy atom. The van der Waals surface area contributed by atoms with Crippen LogP contribution in [0.2, 0.25) is 0 Å². The van der Waals surface area contributed by atoms with Crippen molar-refractivity contribution in [2.24, 2.45) is 0 Å². The third-order valence-corrected chi connectivity index (χ3v) is 5.08. The lowest BCUT2D eigenvalue weighted by Crippen LogP contribution is -2.34. The Balaban J connectivity index is 1.82. The zero-order chi connectivity index (χ0) is 21.0. The molecule has 6 heteroatoms. The molecule has 1 heterocycles. The fourth-order valence-electron chi connectivity index (χ4n) is 3.43. The summed E-state index contributed by atoms with van der Waals surface area (Å²) in [5, 5.41) is 19.8. The fourth-order valence-corrected chi connectivity index (χ4v) is 3.43. The van der Waals surface area contributed by atoms with Crippen LogP contribution < -0.4 is 5.32 Å². The number of benzene rings is 2. The van der Waals surface area contributed by atoms with E-state index >= 15 is 0 Å². The zero-order valence-electron chi connectivity index (χ0n) is 16.8. The van der Waals surface area contributed by atoms with Gasteiger partial charge in [-0.2, -0.15) is 0 Å². The Morgan fingerprint density at radius 2 is 1.93 bits per heavy atom. The van der Waals surface area contributed by atoms with Crippen LogP contribution in [0.1, 0.15) is 35.6 Å². The van der Waals surface area contributed by atoms with E-state index in [0.29, 0.717) is 25.3 Å². The van der Waals surface area contributed by atoms with Gasteiger partial charge in [0, 0.05) is 25.2 Å². The van der Waals surface area contributed by atoms with Crippen LogP contribution in [0.5, 0.6) is 0 Å². The molecule has 152 valence electrons. The van der Waals surface area contributed by atoms with Gasteiger partial charge in [-0.3, -0.25) is 4.79 Å². The standard InChI is InChI=1S/C23H26FN3O2/c1-15-3-8-20(9-4-15)26-23(22(24)16(2)25)27-12-11-18-13-17(6-10-21(28)29)5-7-19(18)14-27/h3-5,7-9,13,25-26H,6,10-12,14H2,1-2H3,(H,28,29)/b23-22-,25-16?. The lowest BCUT2D eigenvalue weighted by molar-refractivity contribution is -0.136. The molecule has 0 fully saturated rings. The molecule has 0 aliphatic carbocycles. The van der Waals surface area contributed by atoms with Crippen LogP contribution in [0.25, 0.3) is 0 Å². The number of rotatable bonds is 7. The molecule has 5 nitrogen and oxygen atoms in total. The second-order valence-corrected chi connectivity index (χ2v) is 7.45. The highest BCUT2D eigenvalue weighted by atomic mass is 19.1. The summed E-state index contributed by atoms with van der Waals surface area (Å²) in [7, 11) is 0. The largest absolute Gasteiger partial charge is 0.481 e. The second kappa shape index (κ2) is 8.90. The van der Waals surface area contributed by atoms with Gasteiger partial charge >= 0.3 is 5.97 Å². The topological polar surface area (TPSA) is 76.4 Å². The highest BCUT2D eigenvalue weighted by Crippen LogP contribution is 2.27. The molecule has 1 aliphatic heterocycles. The Labute approximate surface area is 170 Å². The van der Waals surface area contributed by atoms with Gasteiger partial charge in [0.15, 0.2) is 5.83 Å². The Kier molecular flexibility index (Phi) is 6.32. The number of allylic oxidation sites excluding steroid dienone is 1. The number of nitrogens with zero attached hydrogens (tertiary/aromatic N) is 1. The van der Waals surface area contributed by atoms with E-state index in [4.69, 9.17) is 10.5 Å².